The summed E-state index contributed by atoms with van der Waals surface area (Å²) in [5, 5.41) is 17.4. The molecule has 0 radical (unpaired) electrons. The molecule has 0 fully saturated rings. The molecule has 4 rings (SSSR count). The van der Waals surface area contributed by atoms with E-state index < -0.39 is 17.5 Å². The number of nitrogens with one attached hydrogen (secondary N) is 1. The summed E-state index contributed by atoms with van der Waals surface area (Å²) in [6, 6.07) is 8.03. The fourth-order valence-electron chi connectivity index (χ4n) is 2.93. The summed E-state index contributed by atoms with van der Waals surface area (Å²) in [7, 11) is 0. The maximum Gasteiger partial charge on any atom is 0.261 e. The van der Waals surface area contributed by atoms with Gasteiger partial charge >= 0.3 is 0 Å². The van der Waals surface area contributed by atoms with Crippen molar-refractivity contribution in [2.45, 2.75) is 13.8 Å². The predicted molar refractivity (Wildman–Crippen MR) is 103 cm³/mol. The third-order valence-electron chi connectivity index (χ3n) is 4.35. The summed E-state index contributed by atoms with van der Waals surface area (Å²) in [5.41, 5.74) is 0.232. The van der Waals surface area contributed by atoms with Gasteiger partial charge < -0.3 is 9.84 Å². The first-order valence-electron chi connectivity index (χ1n) is 8.63. The van der Waals surface area contributed by atoms with Crippen molar-refractivity contribution in [3.8, 4) is 16.9 Å². The Kier molecular flexibility index (Phi) is 5.00. The smallest absolute Gasteiger partial charge is 0.261 e. The second kappa shape index (κ2) is 7.64. The first-order chi connectivity index (χ1) is 14.4. The second-order valence-electron chi connectivity index (χ2n) is 6.32. The SMILES string of the molecule is Cc1onc(-c2c(F)cccc2Cl)c1C(=O)Nc1ccc(F)c(-n2nnnc2C)c1. The first kappa shape index (κ1) is 19.6. The molecule has 4 aromatic rings. The van der Waals surface area contributed by atoms with Gasteiger partial charge in [-0.15, -0.1) is 5.10 Å². The van der Waals surface area contributed by atoms with Crippen LogP contribution in [-0.2, 0) is 0 Å². The van der Waals surface area contributed by atoms with Crippen LogP contribution in [0.3, 0.4) is 0 Å². The van der Waals surface area contributed by atoms with Crippen LogP contribution in [0.5, 0.6) is 0 Å². The number of halogens is 3. The van der Waals surface area contributed by atoms with Crippen LogP contribution in [0.2, 0.25) is 5.02 Å². The molecule has 2 aromatic heterocycles. The number of amides is 1. The number of carbonyl (C=O) groups is 1. The number of tetrazole rings is 1. The van der Waals surface area contributed by atoms with E-state index in [1.807, 2.05) is 0 Å². The Hall–Kier alpha value is -3.66. The first-order valence-corrected chi connectivity index (χ1v) is 9.01. The standard InChI is InChI=1S/C19H13ClF2N6O2/c1-9-16(18(25-30-9)17-12(20)4-3-5-14(17)22)19(29)23-11-6-7-13(21)15(8-11)28-10(2)24-26-27-28/h3-8H,1-2H3,(H,23,29). The number of anilines is 1. The summed E-state index contributed by atoms with van der Waals surface area (Å²) in [6.45, 7) is 3.12. The maximum absolute atomic E-state index is 14.3. The fraction of sp³-hybridized carbons (Fsp3) is 0.105. The van der Waals surface area contributed by atoms with Crippen LogP contribution in [0.4, 0.5) is 14.5 Å². The molecule has 2 aromatic carbocycles. The molecule has 1 N–H and O–H groups in total. The number of rotatable bonds is 4. The zero-order valence-corrected chi connectivity index (χ0v) is 16.4. The summed E-state index contributed by atoms with van der Waals surface area (Å²) < 4.78 is 34.9. The van der Waals surface area contributed by atoms with Crippen molar-refractivity contribution in [3.63, 3.8) is 0 Å². The molecular formula is C19H13ClF2N6O2. The molecule has 0 bridgehead atoms. The van der Waals surface area contributed by atoms with Gasteiger partial charge in [0.15, 0.2) is 5.82 Å². The van der Waals surface area contributed by atoms with Gasteiger partial charge in [-0.2, -0.15) is 4.68 Å². The molecule has 0 aliphatic heterocycles. The van der Waals surface area contributed by atoms with Gasteiger partial charge in [0.05, 0.1) is 10.6 Å². The monoisotopic (exact) mass is 430 g/mol. The number of hydrogen-bond acceptors (Lipinski definition) is 6. The van der Waals surface area contributed by atoms with Crippen molar-refractivity contribution in [1.82, 2.24) is 25.4 Å². The third-order valence-corrected chi connectivity index (χ3v) is 4.66. The van der Waals surface area contributed by atoms with Crippen LogP contribution in [0, 0.1) is 25.5 Å². The zero-order chi connectivity index (χ0) is 21.4. The van der Waals surface area contributed by atoms with Crippen molar-refractivity contribution >= 4 is 23.2 Å². The van der Waals surface area contributed by atoms with Crippen LogP contribution in [-0.4, -0.2) is 31.3 Å². The highest BCUT2D eigenvalue weighted by atomic mass is 35.5. The number of carbonyl (C=O) groups excluding carboxylic acids is 1. The van der Waals surface area contributed by atoms with E-state index in [0.717, 1.165) is 0 Å². The molecule has 0 spiro atoms. The van der Waals surface area contributed by atoms with Crippen molar-refractivity contribution < 1.29 is 18.1 Å². The lowest BCUT2D eigenvalue weighted by Crippen LogP contribution is -2.14. The lowest BCUT2D eigenvalue weighted by Gasteiger charge is -2.10. The Morgan fingerprint density at radius 1 is 1.17 bits per heavy atom. The summed E-state index contributed by atoms with van der Waals surface area (Å²) in [6.07, 6.45) is 0. The molecule has 2 heterocycles. The lowest BCUT2D eigenvalue weighted by atomic mass is 10.0. The van der Waals surface area contributed by atoms with Gasteiger partial charge in [-0.1, -0.05) is 22.8 Å². The number of nitrogens with zero attached hydrogens (tertiary/aromatic N) is 5. The minimum Gasteiger partial charge on any atom is -0.360 e. The minimum atomic E-state index is -0.650. The molecule has 152 valence electrons. The lowest BCUT2D eigenvalue weighted by molar-refractivity contribution is 0.102. The summed E-state index contributed by atoms with van der Waals surface area (Å²) in [5.74, 6) is -1.33. The molecule has 0 unspecified atom stereocenters. The highest BCUT2D eigenvalue weighted by molar-refractivity contribution is 6.33. The Labute approximate surface area is 173 Å². The minimum absolute atomic E-state index is 0.00600. The number of aryl methyl sites for hydroxylation is 2. The average Bonchev–Trinajstić information content (AvgIpc) is 3.29. The highest BCUT2D eigenvalue weighted by Crippen LogP contribution is 2.34. The van der Waals surface area contributed by atoms with Gasteiger partial charge in [0.2, 0.25) is 0 Å². The van der Waals surface area contributed by atoms with E-state index in [9.17, 15) is 13.6 Å². The van der Waals surface area contributed by atoms with Gasteiger partial charge in [-0.05, 0) is 54.6 Å². The third kappa shape index (κ3) is 3.41. The number of aromatic nitrogens is 5. The van der Waals surface area contributed by atoms with Gasteiger partial charge in [-0.25, -0.2) is 8.78 Å². The molecular weight excluding hydrogens is 418 g/mol. The molecule has 0 atom stereocenters. The highest BCUT2D eigenvalue weighted by Gasteiger charge is 2.25. The van der Waals surface area contributed by atoms with E-state index in [1.165, 1.54) is 48.0 Å². The van der Waals surface area contributed by atoms with Gasteiger partial charge in [-0.3, -0.25) is 4.79 Å². The molecule has 1 amide bonds. The average molecular weight is 431 g/mol. The predicted octanol–water partition coefficient (Wildman–Crippen LogP) is 4.12. The van der Waals surface area contributed by atoms with E-state index in [2.05, 4.69) is 26.0 Å². The Balaban J connectivity index is 1.71. The summed E-state index contributed by atoms with van der Waals surface area (Å²) >= 11 is 6.10. The van der Waals surface area contributed by atoms with Gasteiger partial charge in [0.1, 0.15) is 34.3 Å². The van der Waals surface area contributed by atoms with Crippen LogP contribution in [0.15, 0.2) is 40.9 Å². The molecule has 30 heavy (non-hydrogen) atoms. The molecule has 11 heteroatoms. The van der Waals surface area contributed by atoms with Crippen molar-refractivity contribution in [2.75, 3.05) is 5.32 Å². The van der Waals surface area contributed by atoms with Gasteiger partial charge in [0.25, 0.3) is 5.91 Å². The zero-order valence-electron chi connectivity index (χ0n) is 15.7. The van der Waals surface area contributed by atoms with Gasteiger partial charge in [0, 0.05) is 5.69 Å². The normalized spacial score (nSPS) is 11.0. The molecule has 0 saturated heterocycles. The Bertz CT molecular complexity index is 1250. The van der Waals surface area contributed by atoms with Crippen LogP contribution in [0.25, 0.3) is 16.9 Å². The van der Waals surface area contributed by atoms with Crippen molar-refractivity contribution in [3.05, 3.63) is 70.2 Å². The van der Waals surface area contributed by atoms with E-state index in [4.69, 9.17) is 16.1 Å². The number of hydrogen-bond donors (Lipinski definition) is 1. The number of benzene rings is 2. The quantitative estimate of drug-likeness (QED) is 0.523. The Morgan fingerprint density at radius 2 is 1.97 bits per heavy atom. The van der Waals surface area contributed by atoms with E-state index in [0.29, 0.717) is 5.82 Å². The van der Waals surface area contributed by atoms with E-state index in [1.54, 1.807) is 6.92 Å². The summed E-state index contributed by atoms with van der Waals surface area (Å²) in [4.78, 5) is 12.9. The molecule has 8 nitrogen and oxygen atoms in total. The largest absolute Gasteiger partial charge is 0.360 e. The second-order valence-corrected chi connectivity index (χ2v) is 6.72. The van der Waals surface area contributed by atoms with Crippen LogP contribution < -0.4 is 5.32 Å². The van der Waals surface area contributed by atoms with Crippen molar-refractivity contribution in [1.29, 1.82) is 0 Å². The van der Waals surface area contributed by atoms with Crippen LogP contribution >= 0.6 is 11.6 Å². The molecule has 0 saturated carbocycles. The van der Waals surface area contributed by atoms with Crippen molar-refractivity contribution in [2.24, 2.45) is 0 Å². The molecule has 0 aliphatic carbocycles. The van der Waals surface area contributed by atoms with E-state index in [-0.39, 0.29) is 39.0 Å². The maximum atomic E-state index is 14.3. The van der Waals surface area contributed by atoms with Crippen LogP contribution in [0.1, 0.15) is 21.9 Å². The fourth-order valence-corrected chi connectivity index (χ4v) is 3.19. The van der Waals surface area contributed by atoms with E-state index >= 15 is 0 Å². The topological polar surface area (TPSA) is 98.7 Å². The molecule has 0 aliphatic rings. The Morgan fingerprint density at radius 3 is 2.67 bits per heavy atom.